The Balaban J connectivity index is 3.46. The predicted molar refractivity (Wildman–Crippen MR) is 60.7 cm³/mol. The number of rotatable bonds is 4. The fourth-order valence-corrected chi connectivity index (χ4v) is 1.91. The minimum atomic E-state index is -5.99. The van der Waals surface area contributed by atoms with Gasteiger partial charge in [0.1, 0.15) is 5.75 Å². The van der Waals surface area contributed by atoms with E-state index in [0.29, 0.717) is 12.1 Å². The highest BCUT2D eigenvalue weighted by Gasteiger charge is 2.48. The Hall–Kier alpha value is -2.30. The summed E-state index contributed by atoms with van der Waals surface area (Å²) in [6.07, 6.45) is 0. The third-order valence-corrected chi connectivity index (χ3v) is 3.31. The first-order valence-corrected chi connectivity index (χ1v) is 6.40. The molecular weight excluding hydrogens is 321 g/mol. The summed E-state index contributed by atoms with van der Waals surface area (Å²) in [6, 6.07) is 1.27. The molecule has 0 saturated heterocycles. The number of benzene rings is 1. The molecule has 0 fully saturated rings. The summed E-state index contributed by atoms with van der Waals surface area (Å²) in [5, 5.41) is 17.7. The Bertz CT molecular complexity index is 706. The van der Waals surface area contributed by atoms with Crippen molar-refractivity contribution in [2.45, 2.75) is 12.4 Å². The van der Waals surface area contributed by atoms with E-state index < -0.39 is 50.0 Å². The lowest BCUT2D eigenvalue weighted by molar-refractivity contribution is -0.0500. The Morgan fingerprint density at radius 1 is 1.14 bits per heavy atom. The lowest BCUT2D eigenvalue weighted by atomic mass is 10.0. The van der Waals surface area contributed by atoms with Crippen molar-refractivity contribution in [3.63, 3.8) is 0 Å². The third kappa shape index (κ3) is 3.24. The van der Waals surface area contributed by atoms with E-state index in [0.717, 1.165) is 6.92 Å². The number of aromatic carboxylic acids is 2. The number of hydrogen-bond donors (Lipinski definition) is 2. The van der Waals surface area contributed by atoms with Crippen LogP contribution in [0, 0.1) is 6.92 Å². The summed E-state index contributed by atoms with van der Waals surface area (Å²) in [5.74, 6) is -4.31. The number of alkyl halides is 3. The summed E-state index contributed by atoms with van der Waals surface area (Å²) in [5.41, 5.74) is -7.83. The monoisotopic (exact) mass is 328 g/mol. The standard InChI is InChI=1S/C10H7F3O7S/c1-4-6(20-21(18,19)10(11,12)13)3-2-5(8(14)15)7(4)9(16)17/h2-3H,1H3,(H,14,15)(H,16,17). The van der Waals surface area contributed by atoms with E-state index in [1.54, 1.807) is 0 Å². The first-order valence-electron chi connectivity index (χ1n) is 4.99. The van der Waals surface area contributed by atoms with Gasteiger partial charge >= 0.3 is 27.6 Å². The van der Waals surface area contributed by atoms with E-state index >= 15 is 0 Å². The fourth-order valence-electron chi connectivity index (χ4n) is 1.40. The van der Waals surface area contributed by atoms with E-state index in [1.165, 1.54) is 0 Å². The second kappa shape index (κ2) is 5.24. The topological polar surface area (TPSA) is 118 Å². The number of hydrogen-bond acceptors (Lipinski definition) is 5. The zero-order chi connectivity index (χ0) is 16.6. The molecule has 0 aliphatic carbocycles. The molecule has 7 nitrogen and oxygen atoms in total. The van der Waals surface area contributed by atoms with Crippen LogP contribution >= 0.6 is 0 Å². The minimum Gasteiger partial charge on any atom is -0.478 e. The van der Waals surface area contributed by atoms with Gasteiger partial charge in [-0.2, -0.15) is 21.6 Å². The molecule has 0 heterocycles. The zero-order valence-corrected chi connectivity index (χ0v) is 10.9. The molecule has 116 valence electrons. The van der Waals surface area contributed by atoms with Gasteiger partial charge < -0.3 is 14.4 Å². The molecule has 0 atom stereocenters. The molecule has 0 bridgehead atoms. The number of halogens is 3. The van der Waals surface area contributed by atoms with E-state index in [9.17, 15) is 31.2 Å². The van der Waals surface area contributed by atoms with Gasteiger partial charge in [0.05, 0.1) is 11.1 Å². The molecule has 0 unspecified atom stereocenters. The van der Waals surface area contributed by atoms with Crippen molar-refractivity contribution in [2.75, 3.05) is 0 Å². The van der Waals surface area contributed by atoms with E-state index in [4.69, 9.17) is 10.2 Å². The van der Waals surface area contributed by atoms with Gasteiger partial charge in [0.15, 0.2) is 0 Å². The van der Waals surface area contributed by atoms with Crippen LogP contribution in [0.1, 0.15) is 26.3 Å². The molecule has 1 aromatic rings. The van der Waals surface area contributed by atoms with E-state index in [2.05, 4.69) is 4.18 Å². The van der Waals surface area contributed by atoms with Gasteiger partial charge in [-0.3, -0.25) is 0 Å². The number of carbonyl (C=O) groups is 2. The maximum absolute atomic E-state index is 12.2. The first-order chi connectivity index (χ1) is 9.38. The van der Waals surface area contributed by atoms with Crippen LogP contribution in [0.4, 0.5) is 13.2 Å². The van der Waals surface area contributed by atoms with Crippen LogP contribution in [0.5, 0.6) is 5.75 Å². The van der Waals surface area contributed by atoms with Gasteiger partial charge in [-0.15, -0.1) is 0 Å². The number of carboxylic acids is 2. The summed E-state index contributed by atoms with van der Waals surface area (Å²) < 4.78 is 62.1. The maximum atomic E-state index is 12.2. The molecule has 1 aromatic carbocycles. The summed E-state index contributed by atoms with van der Waals surface area (Å²) in [7, 11) is -5.99. The van der Waals surface area contributed by atoms with Crippen LogP contribution < -0.4 is 4.18 Å². The van der Waals surface area contributed by atoms with Gasteiger partial charge in [0.2, 0.25) is 0 Å². The van der Waals surface area contributed by atoms with E-state index in [-0.39, 0.29) is 0 Å². The molecule has 0 spiro atoms. The largest absolute Gasteiger partial charge is 0.534 e. The average molecular weight is 328 g/mol. The maximum Gasteiger partial charge on any atom is 0.534 e. The van der Waals surface area contributed by atoms with Crippen LogP contribution in [-0.4, -0.2) is 36.1 Å². The fraction of sp³-hybridized carbons (Fsp3) is 0.200. The molecule has 0 aliphatic heterocycles. The molecule has 0 aliphatic rings. The van der Waals surface area contributed by atoms with Crippen LogP contribution in [-0.2, 0) is 10.1 Å². The lowest BCUT2D eigenvalue weighted by Gasteiger charge is -2.13. The molecular formula is C10H7F3O7S. The summed E-state index contributed by atoms with van der Waals surface area (Å²) in [6.45, 7) is 0.928. The van der Waals surface area contributed by atoms with Crippen LogP contribution in [0.2, 0.25) is 0 Å². The highest BCUT2D eigenvalue weighted by Crippen LogP contribution is 2.31. The normalized spacial score (nSPS) is 12.0. The van der Waals surface area contributed by atoms with Crippen molar-refractivity contribution in [2.24, 2.45) is 0 Å². The van der Waals surface area contributed by atoms with E-state index in [1.807, 2.05) is 0 Å². The Morgan fingerprint density at radius 3 is 2.05 bits per heavy atom. The third-order valence-electron chi connectivity index (χ3n) is 2.34. The lowest BCUT2D eigenvalue weighted by Crippen LogP contribution is -2.28. The zero-order valence-electron chi connectivity index (χ0n) is 10.1. The van der Waals surface area contributed by atoms with Crippen molar-refractivity contribution < 1.29 is 45.6 Å². The molecule has 0 radical (unpaired) electrons. The molecule has 1 rings (SSSR count). The molecule has 0 saturated carbocycles. The van der Waals surface area contributed by atoms with Gasteiger partial charge in [-0.1, -0.05) is 0 Å². The Labute approximate surface area is 115 Å². The average Bonchev–Trinajstić information content (AvgIpc) is 2.28. The molecule has 2 N–H and O–H groups in total. The van der Waals surface area contributed by atoms with Crippen LogP contribution in [0.15, 0.2) is 12.1 Å². The van der Waals surface area contributed by atoms with Gasteiger partial charge in [-0.05, 0) is 19.1 Å². The molecule has 11 heteroatoms. The predicted octanol–water partition coefficient (Wildman–Crippen LogP) is 1.62. The van der Waals surface area contributed by atoms with Crippen molar-refractivity contribution in [1.82, 2.24) is 0 Å². The second-order valence-electron chi connectivity index (χ2n) is 3.70. The SMILES string of the molecule is Cc1c(OS(=O)(=O)C(F)(F)F)ccc(C(=O)O)c1C(=O)O. The highest BCUT2D eigenvalue weighted by atomic mass is 32.2. The van der Waals surface area contributed by atoms with Gasteiger partial charge in [0.25, 0.3) is 0 Å². The first kappa shape index (κ1) is 16.8. The quantitative estimate of drug-likeness (QED) is 0.637. The second-order valence-corrected chi connectivity index (χ2v) is 5.24. The summed E-state index contributed by atoms with van der Waals surface area (Å²) >= 11 is 0. The minimum absolute atomic E-state index is 0.560. The smallest absolute Gasteiger partial charge is 0.478 e. The van der Waals surface area contributed by atoms with Gasteiger partial charge in [-0.25, -0.2) is 9.59 Å². The molecule has 0 aromatic heterocycles. The molecule has 21 heavy (non-hydrogen) atoms. The Kier molecular flexibility index (Phi) is 4.18. The summed E-state index contributed by atoms with van der Waals surface area (Å²) in [4.78, 5) is 21.8. The highest BCUT2D eigenvalue weighted by molar-refractivity contribution is 7.88. The van der Waals surface area contributed by atoms with Gasteiger partial charge in [0, 0.05) is 5.56 Å². The Morgan fingerprint density at radius 2 is 1.67 bits per heavy atom. The van der Waals surface area contributed by atoms with Crippen molar-refractivity contribution >= 4 is 22.1 Å². The van der Waals surface area contributed by atoms with Crippen LogP contribution in [0.3, 0.4) is 0 Å². The van der Waals surface area contributed by atoms with Crippen molar-refractivity contribution in [3.8, 4) is 5.75 Å². The molecule has 0 amide bonds. The van der Waals surface area contributed by atoms with Crippen molar-refractivity contribution in [1.29, 1.82) is 0 Å². The number of carboxylic acid groups (broad SMARTS) is 2. The van der Waals surface area contributed by atoms with Crippen molar-refractivity contribution in [3.05, 3.63) is 28.8 Å². The van der Waals surface area contributed by atoms with Crippen LogP contribution in [0.25, 0.3) is 0 Å².